The molecule has 0 N–H and O–H groups in total. The number of rotatable bonds is 7. The molecule has 0 atom stereocenters. The minimum Gasteiger partial charge on any atom is -0.497 e. The van der Waals surface area contributed by atoms with Gasteiger partial charge in [0.15, 0.2) is 12.4 Å². The molecule has 3 aromatic rings. The molecule has 0 aliphatic carbocycles. The van der Waals surface area contributed by atoms with Crippen molar-refractivity contribution in [1.29, 1.82) is 0 Å². The molecule has 0 aliphatic heterocycles. The Morgan fingerprint density at radius 1 is 1.08 bits per heavy atom. The van der Waals surface area contributed by atoms with Gasteiger partial charge in [0.2, 0.25) is 11.7 Å². The lowest BCUT2D eigenvalue weighted by molar-refractivity contribution is 0.104. The number of methoxy groups -OCH3 is 1. The summed E-state index contributed by atoms with van der Waals surface area (Å²) < 4.78 is 15.6. The number of nitrogens with zero attached hydrogens (tertiary/aromatic N) is 2. The number of aromatic nitrogens is 2. The SMILES string of the molecule is COc1ccc(C(=O)/C=C/c2ccc(OCc3noc(C)n3)cc2)cc1. The number of carbonyl (C=O) groups excluding carboxylic acids is 1. The van der Waals surface area contributed by atoms with E-state index in [0.717, 1.165) is 11.3 Å². The van der Waals surface area contributed by atoms with Gasteiger partial charge in [-0.25, -0.2) is 0 Å². The van der Waals surface area contributed by atoms with Gasteiger partial charge in [-0.1, -0.05) is 23.4 Å². The zero-order valence-electron chi connectivity index (χ0n) is 14.5. The third-order valence-electron chi connectivity index (χ3n) is 3.62. The van der Waals surface area contributed by atoms with Crippen LogP contribution >= 0.6 is 0 Å². The van der Waals surface area contributed by atoms with Crippen LogP contribution in [0.2, 0.25) is 0 Å². The summed E-state index contributed by atoms with van der Waals surface area (Å²) in [5.41, 5.74) is 1.51. The lowest BCUT2D eigenvalue weighted by atomic mass is 10.1. The number of allylic oxidation sites excluding steroid dienone is 1. The number of hydrogen-bond acceptors (Lipinski definition) is 6. The van der Waals surface area contributed by atoms with Crippen LogP contribution in [-0.4, -0.2) is 23.0 Å². The van der Waals surface area contributed by atoms with Crippen molar-refractivity contribution in [1.82, 2.24) is 10.1 Å². The summed E-state index contributed by atoms with van der Waals surface area (Å²) in [6, 6.07) is 14.4. The summed E-state index contributed by atoms with van der Waals surface area (Å²) in [6.07, 6.45) is 3.30. The second-order valence-corrected chi connectivity index (χ2v) is 5.51. The van der Waals surface area contributed by atoms with Gasteiger partial charge in [-0.15, -0.1) is 0 Å². The molecular weight excluding hydrogens is 332 g/mol. The van der Waals surface area contributed by atoms with Crippen molar-refractivity contribution in [2.24, 2.45) is 0 Å². The Morgan fingerprint density at radius 3 is 2.38 bits per heavy atom. The van der Waals surface area contributed by atoms with Gasteiger partial charge in [0.25, 0.3) is 0 Å². The second-order valence-electron chi connectivity index (χ2n) is 5.51. The summed E-state index contributed by atoms with van der Waals surface area (Å²) in [7, 11) is 1.59. The Labute approximate surface area is 151 Å². The number of ether oxygens (including phenoxy) is 2. The maximum Gasteiger partial charge on any atom is 0.223 e. The average Bonchev–Trinajstić information content (AvgIpc) is 3.10. The maximum absolute atomic E-state index is 12.2. The van der Waals surface area contributed by atoms with Crippen molar-refractivity contribution in [2.75, 3.05) is 7.11 Å². The van der Waals surface area contributed by atoms with Crippen molar-refractivity contribution in [3.63, 3.8) is 0 Å². The van der Waals surface area contributed by atoms with Crippen LogP contribution in [-0.2, 0) is 6.61 Å². The van der Waals surface area contributed by atoms with E-state index in [4.69, 9.17) is 14.0 Å². The first-order valence-corrected chi connectivity index (χ1v) is 8.02. The number of ketones is 1. The fourth-order valence-electron chi connectivity index (χ4n) is 2.25. The van der Waals surface area contributed by atoms with E-state index >= 15 is 0 Å². The molecule has 0 bridgehead atoms. The quantitative estimate of drug-likeness (QED) is 0.476. The summed E-state index contributed by atoms with van der Waals surface area (Å²) >= 11 is 0. The van der Waals surface area contributed by atoms with Gasteiger partial charge in [-0.3, -0.25) is 4.79 Å². The molecular formula is C20H18N2O4. The van der Waals surface area contributed by atoms with Crippen LogP contribution in [0.5, 0.6) is 11.5 Å². The van der Waals surface area contributed by atoms with Crippen molar-refractivity contribution >= 4 is 11.9 Å². The van der Waals surface area contributed by atoms with E-state index in [1.807, 2.05) is 24.3 Å². The first-order chi connectivity index (χ1) is 12.6. The Bertz CT molecular complexity index is 896. The predicted octanol–water partition coefficient (Wildman–Crippen LogP) is 3.86. The van der Waals surface area contributed by atoms with Gasteiger partial charge in [0, 0.05) is 12.5 Å². The third kappa shape index (κ3) is 4.57. The number of aryl methyl sites for hydroxylation is 1. The molecule has 132 valence electrons. The molecule has 0 spiro atoms. The molecule has 26 heavy (non-hydrogen) atoms. The Kier molecular flexibility index (Phi) is 5.43. The normalized spacial score (nSPS) is 10.8. The molecule has 2 aromatic carbocycles. The van der Waals surface area contributed by atoms with Crippen LogP contribution in [0.3, 0.4) is 0 Å². The largest absolute Gasteiger partial charge is 0.497 e. The first kappa shape index (κ1) is 17.4. The second kappa shape index (κ2) is 8.11. The van der Waals surface area contributed by atoms with E-state index in [2.05, 4.69) is 10.1 Å². The fraction of sp³-hybridized carbons (Fsp3) is 0.150. The summed E-state index contributed by atoms with van der Waals surface area (Å²) in [5.74, 6) is 2.34. The van der Waals surface area contributed by atoms with Gasteiger partial charge < -0.3 is 14.0 Å². The Hall–Kier alpha value is -3.41. The number of benzene rings is 2. The molecule has 0 aliphatic rings. The van der Waals surface area contributed by atoms with E-state index in [1.54, 1.807) is 50.5 Å². The topological polar surface area (TPSA) is 74.5 Å². The molecule has 6 nitrogen and oxygen atoms in total. The highest BCUT2D eigenvalue weighted by molar-refractivity contribution is 6.06. The molecule has 0 radical (unpaired) electrons. The monoisotopic (exact) mass is 350 g/mol. The fourth-order valence-corrected chi connectivity index (χ4v) is 2.25. The van der Waals surface area contributed by atoms with E-state index < -0.39 is 0 Å². The highest BCUT2D eigenvalue weighted by atomic mass is 16.5. The van der Waals surface area contributed by atoms with Gasteiger partial charge in [0.05, 0.1) is 7.11 Å². The highest BCUT2D eigenvalue weighted by Gasteiger charge is 2.04. The number of hydrogen-bond donors (Lipinski definition) is 0. The molecule has 0 unspecified atom stereocenters. The van der Waals surface area contributed by atoms with Crippen LogP contribution in [0.15, 0.2) is 59.1 Å². The highest BCUT2D eigenvalue weighted by Crippen LogP contribution is 2.16. The summed E-state index contributed by atoms with van der Waals surface area (Å²) in [5, 5.41) is 3.77. The molecule has 0 fully saturated rings. The number of carbonyl (C=O) groups is 1. The lowest BCUT2D eigenvalue weighted by Crippen LogP contribution is -1.97. The van der Waals surface area contributed by atoms with E-state index in [-0.39, 0.29) is 12.4 Å². The van der Waals surface area contributed by atoms with Crippen LogP contribution in [0, 0.1) is 6.92 Å². The predicted molar refractivity (Wildman–Crippen MR) is 96.2 cm³/mol. The lowest BCUT2D eigenvalue weighted by Gasteiger charge is -2.03. The molecule has 1 aromatic heterocycles. The minimum absolute atomic E-state index is 0.0690. The average molecular weight is 350 g/mol. The molecule has 3 rings (SSSR count). The molecule has 0 saturated carbocycles. The zero-order valence-corrected chi connectivity index (χ0v) is 14.5. The molecule has 0 saturated heterocycles. The van der Waals surface area contributed by atoms with Gasteiger partial charge in [-0.2, -0.15) is 4.98 Å². The van der Waals surface area contributed by atoms with Crippen LogP contribution in [0.4, 0.5) is 0 Å². The van der Waals surface area contributed by atoms with Crippen molar-refractivity contribution < 1.29 is 18.8 Å². The molecule has 6 heteroatoms. The van der Waals surface area contributed by atoms with Crippen molar-refractivity contribution in [3.8, 4) is 11.5 Å². The standard InChI is InChI=1S/C20H18N2O4/c1-14-21-20(22-26-14)13-25-18-8-3-15(4-9-18)5-12-19(23)16-6-10-17(24-2)11-7-16/h3-12H,13H2,1-2H3/b12-5+. The van der Waals surface area contributed by atoms with Crippen LogP contribution in [0.1, 0.15) is 27.6 Å². The first-order valence-electron chi connectivity index (χ1n) is 8.02. The van der Waals surface area contributed by atoms with Crippen LogP contribution in [0.25, 0.3) is 6.08 Å². The van der Waals surface area contributed by atoms with Gasteiger partial charge in [-0.05, 0) is 48.0 Å². The Morgan fingerprint density at radius 2 is 1.77 bits per heavy atom. The Balaban J connectivity index is 1.57. The van der Waals surface area contributed by atoms with Crippen molar-refractivity contribution in [2.45, 2.75) is 13.5 Å². The van der Waals surface area contributed by atoms with E-state index in [1.165, 1.54) is 0 Å². The minimum atomic E-state index is -0.0690. The van der Waals surface area contributed by atoms with Crippen LogP contribution < -0.4 is 9.47 Å². The zero-order chi connectivity index (χ0) is 18.4. The van der Waals surface area contributed by atoms with Crippen molar-refractivity contribution in [3.05, 3.63) is 77.4 Å². The van der Waals surface area contributed by atoms with E-state index in [9.17, 15) is 4.79 Å². The molecule has 1 heterocycles. The smallest absolute Gasteiger partial charge is 0.223 e. The maximum atomic E-state index is 12.2. The van der Waals surface area contributed by atoms with Gasteiger partial charge >= 0.3 is 0 Å². The van der Waals surface area contributed by atoms with Gasteiger partial charge in [0.1, 0.15) is 11.5 Å². The van der Waals surface area contributed by atoms with E-state index in [0.29, 0.717) is 23.0 Å². The third-order valence-corrected chi connectivity index (χ3v) is 3.62. The molecule has 0 amide bonds. The summed E-state index contributed by atoms with van der Waals surface area (Å²) in [4.78, 5) is 16.2. The summed E-state index contributed by atoms with van der Waals surface area (Å²) in [6.45, 7) is 1.97.